The molecule has 2 atom stereocenters. The Balaban J connectivity index is 1.48. The van der Waals surface area contributed by atoms with Crippen LogP contribution in [-0.2, 0) is 21.4 Å². The molecule has 0 spiro atoms. The molecule has 2 aromatic carbocycles. The van der Waals surface area contributed by atoms with E-state index in [9.17, 15) is 13.2 Å². The van der Waals surface area contributed by atoms with E-state index in [1.54, 1.807) is 24.3 Å². The van der Waals surface area contributed by atoms with E-state index in [1.807, 2.05) is 39.2 Å². The fourth-order valence-corrected chi connectivity index (χ4v) is 6.94. The van der Waals surface area contributed by atoms with Crippen molar-refractivity contribution in [2.45, 2.75) is 61.0 Å². The second kappa shape index (κ2) is 12.4. The van der Waals surface area contributed by atoms with Crippen molar-refractivity contribution in [3.8, 4) is 0 Å². The number of sulfonamides is 1. The Labute approximate surface area is 229 Å². The van der Waals surface area contributed by atoms with E-state index in [0.717, 1.165) is 30.7 Å². The Morgan fingerprint density at radius 1 is 1.05 bits per heavy atom. The van der Waals surface area contributed by atoms with Crippen LogP contribution in [0.2, 0.25) is 0 Å². The van der Waals surface area contributed by atoms with Crippen molar-refractivity contribution in [2.24, 2.45) is 0 Å². The summed E-state index contributed by atoms with van der Waals surface area (Å²) in [6.45, 7) is 5.67. The second-order valence-electron chi connectivity index (χ2n) is 9.69. The summed E-state index contributed by atoms with van der Waals surface area (Å²) in [6, 6.07) is 16.6. The molecule has 0 radical (unpaired) electrons. The van der Waals surface area contributed by atoms with Gasteiger partial charge in [-0.1, -0.05) is 49.0 Å². The molecule has 0 bridgehead atoms. The number of nitrogens with zero attached hydrogens (tertiary/aromatic N) is 5. The first-order chi connectivity index (χ1) is 18.2. The zero-order chi connectivity index (χ0) is 27.3. The van der Waals surface area contributed by atoms with Gasteiger partial charge in [0.15, 0.2) is 11.0 Å². The van der Waals surface area contributed by atoms with Gasteiger partial charge in [-0.15, -0.1) is 10.2 Å². The van der Waals surface area contributed by atoms with Crippen molar-refractivity contribution < 1.29 is 13.2 Å². The van der Waals surface area contributed by atoms with Crippen LogP contribution in [0.3, 0.4) is 0 Å². The molecule has 1 amide bonds. The van der Waals surface area contributed by atoms with Gasteiger partial charge in [-0.2, -0.15) is 4.31 Å². The molecule has 38 heavy (non-hydrogen) atoms. The molecule has 3 aromatic rings. The largest absolute Gasteiger partial charge is 0.325 e. The first kappa shape index (κ1) is 28.3. The molecule has 1 fully saturated rings. The molecular weight excluding hydrogens is 520 g/mol. The van der Waals surface area contributed by atoms with Crippen LogP contribution in [0.5, 0.6) is 0 Å². The number of carbonyl (C=O) groups is 1. The lowest BCUT2D eigenvalue weighted by molar-refractivity contribution is -0.115. The van der Waals surface area contributed by atoms with E-state index in [4.69, 9.17) is 0 Å². The Kier molecular flexibility index (Phi) is 9.24. The van der Waals surface area contributed by atoms with Crippen LogP contribution in [0, 0.1) is 0 Å². The maximum Gasteiger partial charge on any atom is 0.243 e. The summed E-state index contributed by atoms with van der Waals surface area (Å²) in [5.74, 6) is 0.673. The van der Waals surface area contributed by atoms with Gasteiger partial charge >= 0.3 is 0 Å². The zero-order valence-electron chi connectivity index (χ0n) is 22.4. The summed E-state index contributed by atoms with van der Waals surface area (Å²) in [6.07, 6.45) is 2.65. The molecule has 1 aromatic heterocycles. The highest BCUT2D eigenvalue weighted by molar-refractivity contribution is 8.00. The molecule has 1 aliphatic rings. The van der Waals surface area contributed by atoms with Crippen LogP contribution >= 0.6 is 11.8 Å². The number of anilines is 1. The third-order valence-electron chi connectivity index (χ3n) is 6.71. The Morgan fingerprint density at radius 2 is 1.71 bits per heavy atom. The molecule has 1 aliphatic heterocycles. The molecule has 11 heteroatoms. The Morgan fingerprint density at radius 3 is 2.32 bits per heavy atom. The van der Waals surface area contributed by atoms with Crippen molar-refractivity contribution in [2.75, 3.05) is 32.5 Å². The van der Waals surface area contributed by atoms with Gasteiger partial charge in [0.2, 0.25) is 15.9 Å². The minimum Gasteiger partial charge on any atom is -0.325 e. The zero-order valence-corrected chi connectivity index (χ0v) is 24.0. The molecule has 0 unspecified atom stereocenters. The monoisotopic (exact) mass is 556 g/mol. The topological polar surface area (TPSA) is 100 Å². The van der Waals surface area contributed by atoms with E-state index in [-0.39, 0.29) is 16.8 Å². The van der Waals surface area contributed by atoms with Crippen LogP contribution in [0.15, 0.2) is 64.6 Å². The first-order valence-corrected chi connectivity index (χ1v) is 15.2. The molecule has 204 valence electrons. The lowest BCUT2D eigenvalue weighted by atomic mass is 10.2. The molecule has 0 aliphatic carbocycles. The number of hydrogen-bond acceptors (Lipinski definition) is 7. The number of thioether (sulfide) groups is 1. The van der Waals surface area contributed by atoms with Gasteiger partial charge in [-0.3, -0.25) is 9.69 Å². The van der Waals surface area contributed by atoms with E-state index in [2.05, 4.69) is 44.0 Å². The van der Waals surface area contributed by atoms with Crippen LogP contribution in [0.4, 0.5) is 5.69 Å². The van der Waals surface area contributed by atoms with Crippen molar-refractivity contribution in [3.63, 3.8) is 0 Å². The average molecular weight is 557 g/mol. The van der Waals surface area contributed by atoms with Gasteiger partial charge in [0.05, 0.1) is 22.7 Å². The minimum atomic E-state index is -3.49. The maximum atomic E-state index is 13.1. The minimum absolute atomic E-state index is 0.0973. The number of rotatable bonds is 11. The molecule has 1 N–H and O–H groups in total. The molecule has 9 nitrogen and oxygen atoms in total. The highest BCUT2D eigenvalue weighted by atomic mass is 32.2. The second-order valence-corrected chi connectivity index (χ2v) is 12.9. The Hall–Kier alpha value is -2.73. The predicted octanol–water partition coefficient (Wildman–Crippen LogP) is 4.24. The van der Waals surface area contributed by atoms with Gasteiger partial charge in [-0.25, -0.2) is 8.42 Å². The van der Waals surface area contributed by atoms with Crippen LogP contribution in [0.1, 0.15) is 50.5 Å². The van der Waals surface area contributed by atoms with E-state index in [0.29, 0.717) is 30.5 Å². The highest BCUT2D eigenvalue weighted by Gasteiger charge is 2.28. The van der Waals surface area contributed by atoms with Crippen molar-refractivity contribution in [1.82, 2.24) is 24.0 Å². The van der Waals surface area contributed by atoms with Crippen molar-refractivity contribution in [3.05, 3.63) is 66.0 Å². The number of carbonyl (C=O) groups excluding carboxylic acids is 1. The molecule has 4 rings (SSSR count). The quantitative estimate of drug-likeness (QED) is 0.353. The van der Waals surface area contributed by atoms with E-state index in [1.165, 1.54) is 16.1 Å². The maximum absolute atomic E-state index is 13.1. The van der Waals surface area contributed by atoms with Gasteiger partial charge in [0.25, 0.3) is 0 Å². The summed E-state index contributed by atoms with van der Waals surface area (Å²) < 4.78 is 29.2. The molecule has 0 saturated carbocycles. The normalized spacial score (nSPS) is 16.0. The molecule has 1 saturated heterocycles. The fourth-order valence-electron chi connectivity index (χ4n) is 4.57. The third-order valence-corrected chi connectivity index (χ3v) is 9.71. The number of nitrogens with one attached hydrogen (secondary N) is 1. The van der Waals surface area contributed by atoms with Gasteiger partial charge in [0, 0.05) is 18.8 Å². The van der Waals surface area contributed by atoms with Crippen LogP contribution < -0.4 is 5.32 Å². The van der Waals surface area contributed by atoms with E-state index < -0.39 is 15.3 Å². The van der Waals surface area contributed by atoms with Crippen molar-refractivity contribution in [1.29, 1.82) is 0 Å². The van der Waals surface area contributed by atoms with Gasteiger partial charge in [-0.05, 0) is 70.1 Å². The van der Waals surface area contributed by atoms with Crippen LogP contribution in [-0.4, -0.2) is 70.7 Å². The van der Waals surface area contributed by atoms with Crippen molar-refractivity contribution >= 4 is 33.4 Å². The number of amides is 1. The summed E-state index contributed by atoms with van der Waals surface area (Å²) in [5.41, 5.74) is 1.68. The highest BCUT2D eigenvalue weighted by Crippen LogP contribution is 2.29. The summed E-state index contributed by atoms with van der Waals surface area (Å²) >= 11 is 1.36. The molecular formula is C27H36N6O3S2. The van der Waals surface area contributed by atoms with Crippen LogP contribution in [0.25, 0.3) is 0 Å². The molecule has 2 heterocycles. The third kappa shape index (κ3) is 6.45. The number of aromatic nitrogens is 3. The average Bonchev–Trinajstić information content (AvgIpc) is 3.57. The summed E-state index contributed by atoms with van der Waals surface area (Å²) in [7, 11) is 0.566. The number of benzene rings is 2. The SMILES string of the molecule is CC[C@@H](c1nnc(S[C@@H](C)C(=O)Nc2ccc(S(=O)(=O)N3CCCC3)cc2)n1Cc1ccccc1)N(C)C. The fraction of sp³-hybridized carbons (Fsp3) is 0.444. The standard InChI is InChI=1S/C27H36N6O3S2/c1-5-24(31(3)4)25-29-30-27(33(25)19-21-11-7-6-8-12-21)37-20(2)26(34)28-22-13-15-23(16-14-22)38(35,36)32-17-9-10-18-32/h6-8,11-16,20,24H,5,9-10,17-19H2,1-4H3,(H,28,34)/t20-,24-/m0/s1. The lowest BCUT2D eigenvalue weighted by Crippen LogP contribution is -2.28. The summed E-state index contributed by atoms with van der Waals surface area (Å²) in [4.78, 5) is 15.4. The summed E-state index contributed by atoms with van der Waals surface area (Å²) in [5, 5.41) is 12.1. The predicted molar refractivity (Wildman–Crippen MR) is 151 cm³/mol. The number of hydrogen-bond donors (Lipinski definition) is 1. The lowest BCUT2D eigenvalue weighted by Gasteiger charge is -2.23. The Bertz CT molecular complexity index is 1320. The smallest absolute Gasteiger partial charge is 0.243 e. The van der Waals surface area contributed by atoms with E-state index >= 15 is 0 Å². The first-order valence-electron chi connectivity index (χ1n) is 12.9. The van der Waals surface area contributed by atoms with Gasteiger partial charge < -0.3 is 9.88 Å². The van der Waals surface area contributed by atoms with Gasteiger partial charge in [0.1, 0.15) is 0 Å².